The van der Waals surface area contributed by atoms with Crippen LogP contribution in [-0.4, -0.2) is 71.0 Å². The number of nitrogens with one attached hydrogen (secondary N) is 1. The van der Waals surface area contributed by atoms with Gasteiger partial charge in [-0.15, -0.1) is 0 Å². The molecule has 7 heteroatoms. The Bertz CT molecular complexity index is 528. The summed E-state index contributed by atoms with van der Waals surface area (Å²) in [7, 11) is 0. The van der Waals surface area contributed by atoms with Crippen molar-refractivity contribution in [1.82, 2.24) is 15.1 Å². The maximum atomic E-state index is 12.5. The number of hydrogen-bond donors (Lipinski definition) is 2. The molecule has 3 fully saturated rings. The van der Waals surface area contributed by atoms with E-state index < -0.39 is 5.97 Å². The molecule has 1 unspecified atom stereocenters. The molecule has 0 aromatic heterocycles. The van der Waals surface area contributed by atoms with Crippen LogP contribution in [0, 0.1) is 11.8 Å². The van der Waals surface area contributed by atoms with Crippen molar-refractivity contribution in [2.45, 2.75) is 57.5 Å². The van der Waals surface area contributed by atoms with Gasteiger partial charge in [-0.3, -0.25) is 19.3 Å². The minimum absolute atomic E-state index is 0.0330. The Morgan fingerprint density at radius 1 is 1.20 bits per heavy atom. The first-order chi connectivity index (χ1) is 11.9. The molecule has 2 N–H and O–H groups in total. The van der Waals surface area contributed by atoms with E-state index in [2.05, 4.69) is 10.2 Å². The van der Waals surface area contributed by atoms with Crippen molar-refractivity contribution in [3.05, 3.63) is 0 Å². The Hall–Kier alpha value is -1.63. The maximum absolute atomic E-state index is 12.5. The van der Waals surface area contributed by atoms with Gasteiger partial charge in [-0.2, -0.15) is 0 Å². The molecule has 0 aromatic rings. The zero-order valence-corrected chi connectivity index (χ0v) is 14.9. The lowest BCUT2D eigenvalue weighted by molar-refractivity contribution is -0.140. The van der Waals surface area contributed by atoms with Crippen molar-refractivity contribution < 1.29 is 19.5 Å². The highest BCUT2D eigenvalue weighted by Crippen LogP contribution is 2.34. The summed E-state index contributed by atoms with van der Waals surface area (Å²) in [4.78, 5) is 38.8. The minimum Gasteiger partial charge on any atom is -0.480 e. The molecule has 0 radical (unpaired) electrons. The summed E-state index contributed by atoms with van der Waals surface area (Å²) in [5, 5.41) is 12.2. The van der Waals surface area contributed by atoms with Crippen LogP contribution < -0.4 is 5.32 Å². The first kappa shape index (κ1) is 18.2. The SMILES string of the molecule is CC(=O)N1CCCC(C(=O)NC2CC(N(CC(=O)O)CC3CC3)C2)C1. The lowest BCUT2D eigenvalue weighted by Gasteiger charge is -2.43. The number of likely N-dealkylation sites (tertiary alicyclic amines) is 1. The van der Waals surface area contributed by atoms with Crippen molar-refractivity contribution in [2.75, 3.05) is 26.2 Å². The Balaban J connectivity index is 1.43. The van der Waals surface area contributed by atoms with Gasteiger partial charge in [0, 0.05) is 38.6 Å². The molecule has 3 aliphatic rings. The van der Waals surface area contributed by atoms with Gasteiger partial charge in [0.25, 0.3) is 0 Å². The van der Waals surface area contributed by atoms with Gasteiger partial charge in [-0.1, -0.05) is 0 Å². The fourth-order valence-corrected chi connectivity index (χ4v) is 3.95. The van der Waals surface area contributed by atoms with E-state index in [9.17, 15) is 14.4 Å². The van der Waals surface area contributed by atoms with Gasteiger partial charge < -0.3 is 15.3 Å². The first-order valence-corrected chi connectivity index (χ1v) is 9.44. The smallest absolute Gasteiger partial charge is 0.317 e. The van der Waals surface area contributed by atoms with E-state index in [0.29, 0.717) is 12.5 Å². The normalized spacial score (nSPS) is 29.2. The molecule has 0 aromatic carbocycles. The first-order valence-electron chi connectivity index (χ1n) is 9.44. The van der Waals surface area contributed by atoms with Crippen LogP contribution in [0.5, 0.6) is 0 Å². The minimum atomic E-state index is -0.778. The van der Waals surface area contributed by atoms with Crippen LogP contribution in [0.15, 0.2) is 0 Å². The van der Waals surface area contributed by atoms with Gasteiger partial charge in [0.1, 0.15) is 0 Å². The standard InChI is InChI=1S/C18H29N3O4/c1-12(22)20-6-2-3-14(10-20)18(25)19-15-7-16(8-15)21(11-17(23)24)9-13-4-5-13/h13-16H,2-11H2,1H3,(H,19,25)(H,23,24). The maximum Gasteiger partial charge on any atom is 0.317 e. The van der Waals surface area contributed by atoms with Crippen molar-refractivity contribution in [1.29, 1.82) is 0 Å². The molecule has 7 nitrogen and oxygen atoms in total. The fourth-order valence-electron chi connectivity index (χ4n) is 3.95. The number of hydrogen-bond acceptors (Lipinski definition) is 4. The molecule has 3 rings (SSSR count). The van der Waals surface area contributed by atoms with Crippen LogP contribution in [0.3, 0.4) is 0 Å². The number of carbonyl (C=O) groups is 3. The van der Waals surface area contributed by atoms with E-state index >= 15 is 0 Å². The monoisotopic (exact) mass is 351 g/mol. The van der Waals surface area contributed by atoms with E-state index in [1.807, 2.05) is 0 Å². The van der Waals surface area contributed by atoms with Crippen molar-refractivity contribution in [2.24, 2.45) is 11.8 Å². The van der Waals surface area contributed by atoms with Crippen LogP contribution in [0.2, 0.25) is 0 Å². The van der Waals surface area contributed by atoms with Gasteiger partial charge in [0.2, 0.25) is 11.8 Å². The molecule has 0 bridgehead atoms. The highest BCUT2D eigenvalue weighted by atomic mass is 16.4. The number of aliphatic carboxylic acids is 1. The van der Waals surface area contributed by atoms with Crippen LogP contribution in [-0.2, 0) is 14.4 Å². The Kier molecular flexibility index (Phi) is 5.61. The zero-order chi connectivity index (χ0) is 18.0. The number of carboxylic acid groups (broad SMARTS) is 1. The Morgan fingerprint density at radius 3 is 2.52 bits per heavy atom. The number of carbonyl (C=O) groups excluding carboxylic acids is 2. The average molecular weight is 351 g/mol. The molecule has 0 spiro atoms. The molecule has 1 atom stereocenters. The lowest BCUT2D eigenvalue weighted by Crippen LogP contribution is -2.57. The van der Waals surface area contributed by atoms with Gasteiger partial charge in [-0.25, -0.2) is 0 Å². The van der Waals surface area contributed by atoms with Crippen molar-refractivity contribution in [3.8, 4) is 0 Å². The summed E-state index contributed by atoms with van der Waals surface area (Å²) in [6.45, 7) is 3.78. The third-order valence-corrected chi connectivity index (χ3v) is 5.74. The van der Waals surface area contributed by atoms with E-state index in [1.54, 1.807) is 11.8 Å². The van der Waals surface area contributed by atoms with Crippen LogP contribution in [0.4, 0.5) is 0 Å². The second-order valence-electron chi connectivity index (χ2n) is 7.90. The second kappa shape index (κ2) is 7.72. The van der Waals surface area contributed by atoms with Gasteiger partial charge >= 0.3 is 5.97 Å². The largest absolute Gasteiger partial charge is 0.480 e. The number of piperidine rings is 1. The summed E-state index contributed by atoms with van der Waals surface area (Å²) < 4.78 is 0. The van der Waals surface area contributed by atoms with E-state index in [-0.39, 0.29) is 36.4 Å². The van der Waals surface area contributed by atoms with E-state index in [4.69, 9.17) is 5.11 Å². The van der Waals surface area contributed by atoms with Crippen LogP contribution in [0.1, 0.15) is 45.4 Å². The van der Waals surface area contributed by atoms with Crippen LogP contribution >= 0.6 is 0 Å². The summed E-state index contributed by atoms with van der Waals surface area (Å²) in [6.07, 6.45) is 5.77. The summed E-state index contributed by atoms with van der Waals surface area (Å²) in [6, 6.07) is 0.405. The van der Waals surface area contributed by atoms with Gasteiger partial charge in [0.05, 0.1) is 12.5 Å². The third-order valence-electron chi connectivity index (χ3n) is 5.74. The molecular formula is C18H29N3O4. The average Bonchev–Trinajstić information content (AvgIpc) is 3.33. The molecule has 140 valence electrons. The Labute approximate surface area is 148 Å². The number of nitrogens with zero attached hydrogens (tertiary/aromatic N) is 2. The summed E-state index contributed by atoms with van der Waals surface area (Å²) in [5.41, 5.74) is 0. The molecule has 2 amide bonds. The fraction of sp³-hybridized carbons (Fsp3) is 0.833. The molecular weight excluding hydrogens is 322 g/mol. The Morgan fingerprint density at radius 2 is 1.92 bits per heavy atom. The zero-order valence-electron chi connectivity index (χ0n) is 14.9. The lowest BCUT2D eigenvalue weighted by atomic mass is 9.84. The van der Waals surface area contributed by atoms with Crippen molar-refractivity contribution >= 4 is 17.8 Å². The molecule has 1 heterocycles. The van der Waals surface area contributed by atoms with E-state index in [1.165, 1.54) is 12.8 Å². The molecule has 2 aliphatic carbocycles. The molecule has 1 saturated heterocycles. The van der Waals surface area contributed by atoms with Gasteiger partial charge in [-0.05, 0) is 44.4 Å². The van der Waals surface area contributed by atoms with Crippen molar-refractivity contribution in [3.63, 3.8) is 0 Å². The predicted molar refractivity (Wildman–Crippen MR) is 91.9 cm³/mol. The number of amides is 2. The van der Waals surface area contributed by atoms with Crippen LogP contribution in [0.25, 0.3) is 0 Å². The number of rotatable bonds is 7. The molecule has 25 heavy (non-hydrogen) atoms. The molecule has 2 saturated carbocycles. The highest BCUT2D eigenvalue weighted by Gasteiger charge is 2.38. The number of carboxylic acids is 1. The highest BCUT2D eigenvalue weighted by molar-refractivity contribution is 5.81. The second-order valence-corrected chi connectivity index (χ2v) is 7.90. The third kappa shape index (κ3) is 4.93. The summed E-state index contributed by atoms with van der Waals surface area (Å²) >= 11 is 0. The predicted octanol–water partition coefficient (Wildman–Crippen LogP) is 0.689. The van der Waals surface area contributed by atoms with E-state index in [0.717, 1.165) is 38.8 Å². The molecule has 1 aliphatic heterocycles. The topological polar surface area (TPSA) is 90.0 Å². The van der Waals surface area contributed by atoms with Gasteiger partial charge in [0.15, 0.2) is 0 Å². The summed E-state index contributed by atoms with van der Waals surface area (Å²) in [5.74, 6) is -0.155. The quantitative estimate of drug-likeness (QED) is 0.704.